The van der Waals surface area contributed by atoms with Crippen molar-refractivity contribution in [3.05, 3.63) is 82.8 Å². The predicted molar refractivity (Wildman–Crippen MR) is 127 cm³/mol. The van der Waals surface area contributed by atoms with Crippen molar-refractivity contribution in [2.45, 2.75) is 32.6 Å². The summed E-state index contributed by atoms with van der Waals surface area (Å²) in [4.78, 5) is 46.7. The van der Waals surface area contributed by atoms with Crippen LogP contribution in [0, 0.1) is 12.7 Å². The first-order chi connectivity index (χ1) is 16.7. The third kappa shape index (κ3) is 5.25. The van der Waals surface area contributed by atoms with Crippen molar-refractivity contribution in [1.82, 2.24) is 21.1 Å². The maximum absolute atomic E-state index is 13.5. The van der Waals surface area contributed by atoms with E-state index in [9.17, 15) is 18.8 Å². The molecular formula is C24H24FN7O3. The van der Waals surface area contributed by atoms with E-state index in [1.54, 1.807) is 56.3 Å². The number of hydrogen-bond acceptors (Lipinski definition) is 7. The van der Waals surface area contributed by atoms with E-state index in [0.717, 1.165) is 0 Å². The molecule has 0 aromatic heterocycles. The summed E-state index contributed by atoms with van der Waals surface area (Å²) in [7, 11) is 0. The number of nitrogens with one attached hydrogen (secondary N) is 3. The molecule has 0 saturated carbocycles. The number of nitrogens with two attached hydrogens (primary N) is 1. The molecule has 10 nitrogen and oxygen atoms in total. The molecule has 4 rings (SSSR count). The normalized spacial score (nSPS) is 17.5. The molecule has 2 heterocycles. The summed E-state index contributed by atoms with van der Waals surface area (Å²) in [5.41, 5.74) is 10.2. The van der Waals surface area contributed by atoms with Crippen LogP contribution in [0.4, 0.5) is 4.39 Å². The molecule has 0 saturated heterocycles. The second-order valence-electron chi connectivity index (χ2n) is 8.08. The van der Waals surface area contributed by atoms with Gasteiger partial charge in [-0.05, 0) is 36.6 Å². The van der Waals surface area contributed by atoms with Crippen LogP contribution < -0.4 is 21.8 Å². The van der Waals surface area contributed by atoms with Gasteiger partial charge in [-0.2, -0.15) is 0 Å². The van der Waals surface area contributed by atoms with E-state index in [0.29, 0.717) is 16.7 Å². The number of carbonyl (C=O) groups is 3. The van der Waals surface area contributed by atoms with E-state index in [1.165, 1.54) is 17.2 Å². The fourth-order valence-corrected chi connectivity index (χ4v) is 3.64. The highest BCUT2D eigenvalue weighted by molar-refractivity contribution is 6.46. The number of benzene rings is 2. The molecule has 3 amide bonds. The van der Waals surface area contributed by atoms with Crippen LogP contribution in [0.2, 0.25) is 0 Å². The molecule has 0 aliphatic carbocycles. The molecule has 180 valence electrons. The number of halogens is 1. The minimum Gasteiger partial charge on any atom is -0.368 e. The molecular weight excluding hydrogens is 453 g/mol. The Hall–Kier alpha value is -4.38. The minimum absolute atomic E-state index is 0.0213. The van der Waals surface area contributed by atoms with Crippen LogP contribution in [0.15, 0.2) is 70.3 Å². The Bertz CT molecular complexity index is 1270. The van der Waals surface area contributed by atoms with Crippen LogP contribution in [0.25, 0.3) is 0 Å². The van der Waals surface area contributed by atoms with Crippen LogP contribution in [0.3, 0.4) is 0 Å². The monoisotopic (exact) mass is 477 g/mol. The standard InChI is InChI=1S/C24H24FN7O3/c1-13-10-15(8-9-17(13)25)12-27-22(34)18-11-19(32-24(29-18)28-14(2)31-32)23(35)30-20(21(26)33)16-6-4-3-5-7-16/h3-11,14,20,31H,12H2,1-2H3,(H2,26,33)(H,27,34)(H,30,35)/t14?,20-/m1/s1. The molecule has 5 N–H and O–H groups in total. The van der Waals surface area contributed by atoms with Gasteiger partial charge in [0, 0.05) is 12.6 Å². The van der Waals surface area contributed by atoms with Crippen molar-refractivity contribution in [2.24, 2.45) is 15.7 Å². The van der Waals surface area contributed by atoms with Crippen molar-refractivity contribution >= 4 is 29.4 Å². The van der Waals surface area contributed by atoms with Gasteiger partial charge >= 0.3 is 0 Å². The number of carbonyl (C=O) groups excluding carboxylic acids is 3. The molecule has 0 fully saturated rings. The molecule has 2 aromatic carbocycles. The van der Waals surface area contributed by atoms with Crippen molar-refractivity contribution in [1.29, 1.82) is 0 Å². The van der Waals surface area contributed by atoms with E-state index in [4.69, 9.17) is 5.73 Å². The maximum atomic E-state index is 13.5. The largest absolute Gasteiger partial charge is 0.368 e. The average Bonchev–Trinajstić information content (AvgIpc) is 3.22. The lowest BCUT2D eigenvalue weighted by Gasteiger charge is -2.26. The summed E-state index contributed by atoms with van der Waals surface area (Å²) in [6.45, 7) is 3.52. The van der Waals surface area contributed by atoms with Gasteiger partial charge in [-0.25, -0.2) is 24.8 Å². The van der Waals surface area contributed by atoms with Crippen molar-refractivity contribution in [2.75, 3.05) is 0 Å². The van der Waals surface area contributed by atoms with Crippen molar-refractivity contribution in [3.8, 4) is 0 Å². The van der Waals surface area contributed by atoms with Gasteiger partial charge in [0.1, 0.15) is 29.4 Å². The molecule has 2 aliphatic heterocycles. The topological polar surface area (TPSA) is 141 Å². The number of amides is 3. The number of primary amides is 1. The summed E-state index contributed by atoms with van der Waals surface area (Å²) in [6.07, 6.45) is 0.906. The SMILES string of the molecule is Cc1cc(CNC(=O)C2=NC3=NC(C)NN3C(C(=O)N[C@@H](C(N)=O)c3ccccc3)=C2)ccc1F. The van der Waals surface area contributed by atoms with E-state index < -0.39 is 29.9 Å². The first-order valence-electron chi connectivity index (χ1n) is 10.9. The number of hydrazine groups is 1. The third-order valence-electron chi connectivity index (χ3n) is 5.39. The van der Waals surface area contributed by atoms with E-state index in [1.807, 2.05) is 0 Å². The number of fused-ring (bicyclic) bond motifs is 1. The van der Waals surface area contributed by atoms with Crippen LogP contribution in [-0.4, -0.2) is 40.6 Å². The highest BCUT2D eigenvalue weighted by atomic mass is 19.1. The zero-order valence-corrected chi connectivity index (χ0v) is 19.1. The van der Waals surface area contributed by atoms with Gasteiger partial charge in [0.25, 0.3) is 11.8 Å². The Labute approximate surface area is 200 Å². The van der Waals surface area contributed by atoms with Crippen LogP contribution in [-0.2, 0) is 20.9 Å². The zero-order valence-electron chi connectivity index (χ0n) is 19.1. The first kappa shape index (κ1) is 23.8. The third-order valence-corrected chi connectivity index (χ3v) is 5.39. The number of guanidine groups is 1. The highest BCUT2D eigenvalue weighted by Gasteiger charge is 2.35. The summed E-state index contributed by atoms with van der Waals surface area (Å²) < 4.78 is 13.5. The Balaban J connectivity index is 1.55. The minimum atomic E-state index is -1.08. The maximum Gasteiger partial charge on any atom is 0.270 e. The van der Waals surface area contributed by atoms with Gasteiger partial charge in [-0.1, -0.05) is 42.5 Å². The average molecular weight is 478 g/mol. The van der Waals surface area contributed by atoms with Gasteiger partial charge in [0.2, 0.25) is 11.9 Å². The summed E-state index contributed by atoms with van der Waals surface area (Å²) in [5, 5.41) is 6.68. The molecule has 2 atom stereocenters. The number of aliphatic imine (C=N–C) groups is 2. The number of nitrogens with zero attached hydrogens (tertiary/aromatic N) is 3. The lowest BCUT2D eigenvalue weighted by Crippen LogP contribution is -2.48. The van der Waals surface area contributed by atoms with E-state index in [2.05, 4.69) is 26.0 Å². The number of aryl methyl sites for hydroxylation is 1. The molecule has 11 heteroatoms. The molecule has 2 aliphatic rings. The van der Waals surface area contributed by atoms with Crippen molar-refractivity contribution < 1.29 is 18.8 Å². The van der Waals surface area contributed by atoms with Crippen LogP contribution >= 0.6 is 0 Å². The van der Waals surface area contributed by atoms with Gasteiger partial charge in [-0.15, -0.1) is 0 Å². The van der Waals surface area contributed by atoms with Gasteiger partial charge < -0.3 is 16.4 Å². The molecule has 0 bridgehead atoms. The number of hydrogen-bond donors (Lipinski definition) is 4. The second kappa shape index (κ2) is 9.85. The summed E-state index contributed by atoms with van der Waals surface area (Å²) in [5.74, 6) is -2.14. The Morgan fingerprint density at radius 3 is 2.60 bits per heavy atom. The predicted octanol–water partition coefficient (Wildman–Crippen LogP) is 0.954. The van der Waals surface area contributed by atoms with Gasteiger partial charge in [0.05, 0.1) is 0 Å². The number of rotatable bonds is 7. The van der Waals surface area contributed by atoms with Gasteiger partial charge in [0.15, 0.2) is 0 Å². The highest BCUT2D eigenvalue weighted by Crippen LogP contribution is 2.19. The molecule has 0 radical (unpaired) electrons. The fraction of sp³-hybridized carbons (Fsp3) is 0.208. The van der Waals surface area contributed by atoms with E-state index >= 15 is 0 Å². The van der Waals surface area contributed by atoms with E-state index in [-0.39, 0.29) is 29.7 Å². The Morgan fingerprint density at radius 2 is 1.91 bits per heavy atom. The molecule has 1 unspecified atom stereocenters. The van der Waals surface area contributed by atoms with Gasteiger partial charge in [-0.3, -0.25) is 14.4 Å². The molecule has 35 heavy (non-hydrogen) atoms. The zero-order chi connectivity index (χ0) is 25.1. The first-order valence-corrected chi connectivity index (χ1v) is 10.9. The fourth-order valence-electron chi connectivity index (χ4n) is 3.64. The quantitative estimate of drug-likeness (QED) is 0.470. The second-order valence-corrected chi connectivity index (χ2v) is 8.08. The summed E-state index contributed by atoms with van der Waals surface area (Å²) in [6, 6.07) is 12.0. The smallest absolute Gasteiger partial charge is 0.270 e. The lowest BCUT2D eigenvalue weighted by atomic mass is 10.1. The molecule has 0 spiro atoms. The summed E-state index contributed by atoms with van der Waals surface area (Å²) >= 11 is 0. The Kier molecular flexibility index (Phi) is 6.69. The van der Waals surface area contributed by atoms with Crippen molar-refractivity contribution in [3.63, 3.8) is 0 Å². The lowest BCUT2D eigenvalue weighted by molar-refractivity contribution is -0.126. The van der Waals surface area contributed by atoms with Crippen LogP contribution in [0.1, 0.15) is 29.7 Å². The van der Waals surface area contributed by atoms with Crippen LogP contribution in [0.5, 0.6) is 0 Å². The molecule has 2 aromatic rings. The Morgan fingerprint density at radius 1 is 1.17 bits per heavy atom.